The number of amides is 1. The van der Waals surface area contributed by atoms with E-state index in [-0.39, 0.29) is 11.5 Å². The first-order valence-electron chi connectivity index (χ1n) is 10.4. The minimum absolute atomic E-state index is 0.114. The summed E-state index contributed by atoms with van der Waals surface area (Å²) < 4.78 is 1.75. The van der Waals surface area contributed by atoms with E-state index in [1.165, 1.54) is 0 Å². The van der Waals surface area contributed by atoms with Crippen molar-refractivity contribution in [1.29, 1.82) is 0 Å². The van der Waals surface area contributed by atoms with Crippen LogP contribution in [0.2, 0.25) is 0 Å². The topological polar surface area (TPSA) is 105 Å². The summed E-state index contributed by atoms with van der Waals surface area (Å²) in [6.45, 7) is 1.95. The van der Waals surface area contributed by atoms with Gasteiger partial charge >= 0.3 is 0 Å². The summed E-state index contributed by atoms with van der Waals surface area (Å²) in [5, 5.41) is 13.4. The van der Waals surface area contributed by atoms with Crippen molar-refractivity contribution in [1.82, 2.24) is 25.1 Å². The van der Waals surface area contributed by atoms with E-state index < -0.39 is 5.66 Å². The van der Waals surface area contributed by atoms with Crippen molar-refractivity contribution < 1.29 is 4.79 Å². The summed E-state index contributed by atoms with van der Waals surface area (Å²) in [7, 11) is 0. The number of rotatable bonds is 1. The normalized spacial score (nSPS) is 18.4. The van der Waals surface area contributed by atoms with Crippen LogP contribution in [0.4, 0.5) is 11.4 Å². The number of carbonyl (C=O) groups is 1. The Morgan fingerprint density at radius 2 is 2.00 bits per heavy atom. The quantitative estimate of drug-likeness (QED) is 0.454. The van der Waals surface area contributed by atoms with Crippen LogP contribution in [0, 0.1) is 6.92 Å². The van der Waals surface area contributed by atoms with Gasteiger partial charge in [-0.25, -0.2) is 0 Å². The first-order chi connectivity index (χ1) is 14.6. The first kappa shape index (κ1) is 17.4. The molecule has 0 unspecified atom stereocenters. The van der Waals surface area contributed by atoms with E-state index in [2.05, 4.69) is 25.8 Å². The average Bonchev–Trinajstić information content (AvgIpc) is 3.38. The van der Waals surface area contributed by atoms with Crippen LogP contribution in [-0.4, -0.2) is 25.7 Å². The first-order valence-corrected chi connectivity index (χ1v) is 10.4. The third-order valence-corrected chi connectivity index (χ3v) is 6.81. The van der Waals surface area contributed by atoms with Crippen molar-refractivity contribution >= 4 is 17.3 Å². The Balaban J connectivity index is 1.51. The number of anilines is 2. The molecule has 1 fully saturated rings. The molecule has 0 bridgehead atoms. The molecule has 3 N–H and O–H groups in total. The number of H-pyrrole nitrogens is 1. The fourth-order valence-corrected chi connectivity index (χ4v) is 5.29. The molecule has 8 nitrogen and oxygen atoms in total. The van der Waals surface area contributed by atoms with Crippen molar-refractivity contribution in [3.05, 3.63) is 57.3 Å². The zero-order chi connectivity index (χ0) is 20.5. The highest BCUT2D eigenvalue weighted by atomic mass is 16.2. The van der Waals surface area contributed by atoms with Gasteiger partial charge in [-0.05, 0) is 61.4 Å². The summed E-state index contributed by atoms with van der Waals surface area (Å²) >= 11 is 0. The second-order valence-corrected chi connectivity index (χ2v) is 8.51. The molecule has 0 aromatic carbocycles. The highest BCUT2D eigenvalue weighted by Crippen LogP contribution is 2.41. The van der Waals surface area contributed by atoms with E-state index >= 15 is 0 Å². The highest BCUT2D eigenvalue weighted by molar-refractivity contribution is 5.98. The van der Waals surface area contributed by atoms with Crippen molar-refractivity contribution in [2.45, 2.75) is 51.1 Å². The van der Waals surface area contributed by atoms with Crippen molar-refractivity contribution in [3.8, 4) is 11.4 Å². The maximum atomic E-state index is 13.7. The molecule has 0 saturated heterocycles. The summed E-state index contributed by atoms with van der Waals surface area (Å²) in [5.41, 5.74) is 5.62. The Kier molecular flexibility index (Phi) is 3.51. The predicted molar refractivity (Wildman–Crippen MR) is 112 cm³/mol. The van der Waals surface area contributed by atoms with Gasteiger partial charge in [0, 0.05) is 24.5 Å². The minimum atomic E-state index is -0.581. The van der Waals surface area contributed by atoms with Gasteiger partial charge < -0.3 is 10.6 Å². The maximum absolute atomic E-state index is 13.7. The van der Waals surface area contributed by atoms with E-state index in [9.17, 15) is 9.59 Å². The van der Waals surface area contributed by atoms with Crippen molar-refractivity contribution in [2.75, 3.05) is 5.32 Å². The van der Waals surface area contributed by atoms with Crippen LogP contribution in [0.3, 0.4) is 0 Å². The number of nitrogens with one attached hydrogen (secondary N) is 3. The number of aromatic nitrogens is 4. The van der Waals surface area contributed by atoms with Crippen LogP contribution in [-0.2, 0) is 12.1 Å². The van der Waals surface area contributed by atoms with Gasteiger partial charge in [0.1, 0.15) is 17.0 Å². The lowest BCUT2D eigenvalue weighted by molar-refractivity contribution is 0.0876. The highest BCUT2D eigenvalue weighted by Gasteiger charge is 2.46. The molecule has 8 heteroatoms. The number of pyridine rings is 2. The fourth-order valence-electron chi connectivity index (χ4n) is 5.29. The van der Waals surface area contributed by atoms with E-state index in [4.69, 9.17) is 0 Å². The van der Waals surface area contributed by atoms with Crippen LogP contribution in [0.25, 0.3) is 11.4 Å². The standard InChI is InChI=1S/C22H22N6O2/c1-12-14-9-13-11-23-17(15-5-8-24-27-15)10-16(13)25-18(14)21(30)28-19(12)20(29)26-22(28)6-3-2-4-7-22/h5,8,10-11,25H,2-4,6-7,9H2,1H3,(H,24,27)(H,26,29). The number of carbonyl (C=O) groups excluding carboxylic acids is 1. The molecule has 3 aromatic heterocycles. The molecule has 3 aliphatic rings. The third-order valence-electron chi connectivity index (χ3n) is 6.81. The summed E-state index contributed by atoms with van der Waals surface area (Å²) in [5.74, 6) is -0.132. The van der Waals surface area contributed by atoms with Crippen LogP contribution in [0.15, 0.2) is 29.3 Å². The third kappa shape index (κ3) is 2.27. The second kappa shape index (κ2) is 6.04. The molecule has 1 spiro atoms. The van der Waals surface area contributed by atoms with Gasteiger partial charge in [0.2, 0.25) is 0 Å². The second-order valence-electron chi connectivity index (χ2n) is 8.51. The lowest BCUT2D eigenvalue weighted by Gasteiger charge is -2.36. The van der Waals surface area contributed by atoms with Gasteiger partial charge in [-0.2, -0.15) is 5.10 Å². The number of nitrogens with zero attached hydrogens (tertiary/aromatic N) is 3. The SMILES string of the molecule is Cc1c2c(c(=O)n3c1C(=O)NC31CCCCC1)Nc1cc(-c3ccn[nH]3)ncc1C2. The molecule has 152 valence electrons. The number of hydrogen-bond acceptors (Lipinski definition) is 5. The average molecular weight is 402 g/mol. The van der Waals surface area contributed by atoms with Gasteiger partial charge in [0.05, 0.1) is 11.4 Å². The van der Waals surface area contributed by atoms with Gasteiger partial charge in [-0.3, -0.25) is 24.2 Å². The summed E-state index contributed by atoms with van der Waals surface area (Å²) in [6, 6.07) is 3.81. The van der Waals surface area contributed by atoms with Crippen LogP contribution >= 0.6 is 0 Å². The Hall–Kier alpha value is -3.42. The molecule has 2 aliphatic heterocycles. The van der Waals surface area contributed by atoms with Gasteiger partial charge in [-0.15, -0.1) is 0 Å². The monoisotopic (exact) mass is 402 g/mol. The molecule has 1 aliphatic carbocycles. The predicted octanol–water partition coefficient (Wildman–Crippen LogP) is 2.95. The number of fused-ring (bicyclic) bond motifs is 4. The fraction of sp³-hybridized carbons (Fsp3) is 0.364. The summed E-state index contributed by atoms with van der Waals surface area (Å²) in [6.07, 6.45) is 8.85. The lowest BCUT2D eigenvalue weighted by Crippen LogP contribution is -2.49. The molecule has 5 heterocycles. The van der Waals surface area contributed by atoms with Crippen LogP contribution < -0.4 is 16.2 Å². The molecular formula is C22H22N6O2. The van der Waals surface area contributed by atoms with Gasteiger partial charge in [0.25, 0.3) is 11.5 Å². The van der Waals surface area contributed by atoms with E-state index in [1.807, 2.05) is 25.3 Å². The summed E-state index contributed by atoms with van der Waals surface area (Å²) in [4.78, 5) is 31.1. The molecule has 0 atom stereocenters. The van der Waals surface area contributed by atoms with Crippen molar-refractivity contribution in [3.63, 3.8) is 0 Å². The van der Waals surface area contributed by atoms with E-state index in [1.54, 1.807) is 10.8 Å². The Morgan fingerprint density at radius 1 is 1.17 bits per heavy atom. The lowest BCUT2D eigenvalue weighted by atomic mass is 9.88. The Bertz CT molecular complexity index is 1250. The molecule has 6 rings (SSSR count). The molecule has 30 heavy (non-hydrogen) atoms. The minimum Gasteiger partial charge on any atom is -0.350 e. The Morgan fingerprint density at radius 3 is 2.77 bits per heavy atom. The number of hydrogen-bond donors (Lipinski definition) is 3. The molecule has 1 saturated carbocycles. The zero-order valence-corrected chi connectivity index (χ0v) is 16.7. The smallest absolute Gasteiger partial charge is 0.277 e. The molecule has 1 amide bonds. The Labute approximate surface area is 172 Å². The van der Waals surface area contributed by atoms with E-state index in [0.717, 1.165) is 65.9 Å². The number of aromatic amines is 1. The van der Waals surface area contributed by atoms with Crippen LogP contribution in [0.5, 0.6) is 0 Å². The van der Waals surface area contributed by atoms with Crippen molar-refractivity contribution in [2.24, 2.45) is 0 Å². The van der Waals surface area contributed by atoms with Gasteiger partial charge in [0.15, 0.2) is 0 Å². The van der Waals surface area contributed by atoms with E-state index in [0.29, 0.717) is 17.8 Å². The molecule has 0 radical (unpaired) electrons. The zero-order valence-electron chi connectivity index (χ0n) is 16.7. The maximum Gasteiger partial charge on any atom is 0.277 e. The van der Waals surface area contributed by atoms with Gasteiger partial charge in [-0.1, -0.05) is 6.42 Å². The molecular weight excluding hydrogens is 380 g/mol. The largest absolute Gasteiger partial charge is 0.350 e. The van der Waals surface area contributed by atoms with Crippen LogP contribution in [0.1, 0.15) is 59.3 Å². The molecule has 3 aromatic rings.